The van der Waals surface area contributed by atoms with Crippen LogP contribution < -0.4 is 0 Å². The smallest absolute Gasteiger partial charge is 0.300 e. The van der Waals surface area contributed by atoms with Crippen LogP contribution in [0.2, 0.25) is 0 Å². The van der Waals surface area contributed by atoms with E-state index in [0.29, 0.717) is 17.5 Å². The number of benzene rings is 2. The zero-order valence-corrected chi connectivity index (χ0v) is 20.0. The molecule has 9 heteroatoms. The highest BCUT2D eigenvalue weighted by molar-refractivity contribution is 8.13. The fourth-order valence-electron chi connectivity index (χ4n) is 4.02. The SMILES string of the molecule is CC(=O)Cc1c(C)cc(Cc2cc(C)c(CC(=O)C(F)(F)F)c(C)c2S(=O)(=O)Cl)cc1C. The number of halogens is 4. The molecule has 0 atom stereocenters. The van der Waals surface area contributed by atoms with Crippen molar-refractivity contribution in [3.63, 3.8) is 0 Å². The van der Waals surface area contributed by atoms with E-state index in [1.54, 1.807) is 0 Å². The zero-order valence-electron chi connectivity index (χ0n) is 18.4. The molecule has 0 N–H and O–H groups in total. The Morgan fingerprint density at radius 2 is 1.41 bits per heavy atom. The van der Waals surface area contributed by atoms with Gasteiger partial charge in [-0.15, -0.1) is 0 Å². The van der Waals surface area contributed by atoms with E-state index >= 15 is 0 Å². The number of alkyl halides is 3. The van der Waals surface area contributed by atoms with Crippen LogP contribution in [0.1, 0.15) is 51.4 Å². The van der Waals surface area contributed by atoms with E-state index in [1.807, 2.05) is 26.0 Å². The van der Waals surface area contributed by atoms with Crippen LogP contribution in [0.4, 0.5) is 13.2 Å². The van der Waals surface area contributed by atoms with Gasteiger partial charge in [0.15, 0.2) is 0 Å². The van der Waals surface area contributed by atoms with Crippen molar-refractivity contribution < 1.29 is 31.2 Å². The maximum absolute atomic E-state index is 12.8. The van der Waals surface area contributed by atoms with E-state index in [0.717, 1.165) is 22.3 Å². The Kier molecular flexibility index (Phi) is 7.62. The Hall–Kier alpha value is -2.19. The van der Waals surface area contributed by atoms with E-state index in [9.17, 15) is 31.2 Å². The number of Topliss-reactive ketones (excluding diaryl/α,β-unsaturated/α-hetero) is 2. The zero-order chi connectivity index (χ0) is 24.6. The van der Waals surface area contributed by atoms with Gasteiger partial charge in [-0.05, 0) is 85.5 Å². The Labute approximate surface area is 190 Å². The van der Waals surface area contributed by atoms with Crippen molar-refractivity contribution in [1.82, 2.24) is 0 Å². The van der Waals surface area contributed by atoms with E-state index in [4.69, 9.17) is 10.7 Å². The highest BCUT2D eigenvalue weighted by atomic mass is 35.7. The lowest BCUT2D eigenvalue weighted by Crippen LogP contribution is -2.25. The minimum absolute atomic E-state index is 0.000493. The van der Waals surface area contributed by atoms with Gasteiger partial charge in [-0.2, -0.15) is 13.2 Å². The van der Waals surface area contributed by atoms with Gasteiger partial charge in [-0.25, -0.2) is 8.42 Å². The van der Waals surface area contributed by atoms with Crippen molar-refractivity contribution in [2.45, 2.75) is 65.0 Å². The van der Waals surface area contributed by atoms with Gasteiger partial charge in [-0.1, -0.05) is 18.2 Å². The van der Waals surface area contributed by atoms with Crippen molar-refractivity contribution in [3.8, 4) is 0 Å². The molecule has 0 fully saturated rings. The van der Waals surface area contributed by atoms with Gasteiger partial charge >= 0.3 is 6.18 Å². The van der Waals surface area contributed by atoms with Crippen molar-refractivity contribution in [2.75, 3.05) is 0 Å². The number of carbonyl (C=O) groups is 2. The lowest BCUT2D eigenvalue weighted by atomic mass is 9.90. The summed E-state index contributed by atoms with van der Waals surface area (Å²) in [5.74, 6) is -1.93. The molecule has 0 aliphatic heterocycles. The second kappa shape index (κ2) is 9.35. The Balaban J connectivity index is 2.60. The molecular weight excluding hydrogens is 465 g/mol. The highest BCUT2D eigenvalue weighted by Crippen LogP contribution is 2.33. The summed E-state index contributed by atoms with van der Waals surface area (Å²) in [5.41, 5.74) is 4.18. The highest BCUT2D eigenvalue weighted by Gasteiger charge is 2.38. The van der Waals surface area contributed by atoms with Gasteiger partial charge in [0, 0.05) is 23.5 Å². The molecule has 0 saturated heterocycles. The lowest BCUT2D eigenvalue weighted by molar-refractivity contribution is -0.170. The monoisotopic (exact) mass is 488 g/mol. The topological polar surface area (TPSA) is 68.3 Å². The second-order valence-electron chi connectivity index (χ2n) is 8.08. The second-order valence-corrected chi connectivity index (χ2v) is 10.6. The summed E-state index contributed by atoms with van der Waals surface area (Å²) in [7, 11) is 1.35. The van der Waals surface area contributed by atoms with E-state index in [2.05, 4.69) is 0 Å². The fraction of sp³-hybridized carbons (Fsp3) is 0.391. The maximum atomic E-state index is 12.8. The normalized spacial score (nSPS) is 12.2. The predicted molar refractivity (Wildman–Crippen MR) is 117 cm³/mol. The minimum atomic E-state index is -5.02. The molecule has 4 nitrogen and oxygen atoms in total. The number of ketones is 2. The Morgan fingerprint density at radius 3 is 1.84 bits per heavy atom. The van der Waals surface area contributed by atoms with Crippen LogP contribution in [0.5, 0.6) is 0 Å². The molecule has 0 aliphatic carbocycles. The summed E-state index contributed by atoms with van der Waals surface area (Å²) in [6.45, 7) is 8.11. The van der Waals surface area contributed by atoms with Crippen LogP contribution in [0.15, 0.2) is 23.1 Å². The third-order valence-corrected chi connectivity index (χ3v) is 6.94. The molecule has 32 heavy (non-hydrogen) atoms. The standard InChI is InChI=1S/C23H24ClF3O4S/c1-12-6-17(7-13(2)19(12)9-15(4)28)10-18-8-14(3)20(11-21(29)23(25,26)27)16(5)22(18)32(24,30)31/h6-8H,9-11H2,1-5H3. The average Bonchev–Trinajstić information content (AvgIpc) is 2.59. The molecule has 0 amide bonds. The Bertz CT molecular complexity index is 1180. The van der Waals surface area contributed by atoms with Crippen LogP contribution in [0, 0.1) is 27.7 Å². The first-order chi connectivity index (χ1) is 14.5. The summed E-state index contributed by atoms with van der Waals surface area (Å²) in [6.07, 6.45) is -5.52. The molecule has 174 valence electrons. The number of hydrogen-bond acceptors (Lipinski definition) is 4. The quantitative estimate of drug-likeness (QED) is 0.499. The van der Waals surface area contributed by atoms with Crippen molar-refractivity contribution >= 4 is 31.3 Å². The van der Waals surface area contributed by atoms with Crippen LogP contribution in [-0.2, 0) is 37.9 Å². The van der Waals surface area contributed by atoms with E-state index in [-0.39, 0.29) is 28.2 Å². The molecule has 0 spiro atoms. The van der Waals surface area contributed by atoms with Crippen LogP contribution in [-0.4, -0.2) is 26.2 Å². The molecule has 0 saturated carbocycles. The third-order valence-electron chi connectivity index (χ3n) is 5.43. The fourth-order valence-corrected chi connectivity index (χ4v) is 5.60. The summed E-state index contributed by atoms with van der Waals surface area (Å²) in [6, 6.07) is 5.17. The molecular formula is C23H24ClF3O4S. The minimum Gasteiger partial charge on any atom is -0.300 e. The molecule has 0 unspecified atom stereocenters. The molecule has 0 aliphatic rings. The van der Waals surface area contributed by atoms with Crippen molar-refractivity contribution in [2.24, 2.45) is 0 Å². The van der Waals surface area contributed by atoms with Crippen molar-refractivity contribution in [1.29, 1.82) is 0 Å². The first-order valence-electron chi connectivity index (χ1n) is 9.77. The van der Waals surface area contributed by atoms with Crippen LogP contribution in [0.3, 0.4) is 0 Å². The molecule has 2 aromatic rings. The first kappa shape index (κ1) is 26.1. The predicted octanol–water partition coefficient (Wildman–Crippen LogP) is 5.24. The molecule has 0 bridgehead atoms. The molecule has 0 radical (unpaired) electrons. The molecule has 2 aromatic carbocycles. The largest absolute Gasteiger partial charge is 0.450 e. The van der Waals surface area contributed by atoms with Gasteiger partial charge < -0.3 is 0 Å². The molecule has 0 heterocycles. The third kappa shape index (κ3) is 5.98. The number of rotatable bonds is 7. The average molecular weight is 489 g/mol. The lowest BCUT2D eigenvalue weighted by Gasteiger charge is -2.18. The number of carbonyl (C=O) groups excluding carboxylic acids is 2. The van der Waals surface area contributed by atoms with Gasteiger partial charge in [0.25, 0.3) is 9.05 Å². The van der Waals surface area contributed by atoms with Crippen LogP contribution >= 0.6 is 10.7 Å². The van der Waals surface area contributed by atoms with Gasteiger partial charge in [0.1, 0.15) is 5.78 Å². The van der Waals surface area contributed by atoms with Crippen molar-refractivity contribution in [3.05, 3.63) is 62.7 Å². The van der Waals surface area contributed by atoms with E-state index < -0.39 is 27.4 Å². The van der Waals surface area contributed by atoms with Crippen LogP contribution in [0.25, 0.3) is 0 Å². The van der Waals surface area contributed by atoms with E-state index in [1.165, 1.54) is 26.8 Å². The summed E-state index contributed by atoms with van der Waals surface area (Å²) in [4.78, 5) is 22.8. The summed E-state index contributed by atoms with van der Waals surface area (Å²) < 4.78 is 63.0. The first-order valence-corrected chi connectivity index (χ1v) is 12.1. The number of aryl methyl sites for hydroxylation is 3. The van der Waals surface area contributed by atoms with Gasteiger partial charge in [0.2, 0.25) is 5.78 Å². The molecule has 2 rings (SSSR count). The number of hydrogen-bond donors (Lipinski definition) is 0. The Morgan fingerprint density at radius 1 is 0.906 bits per heavy atom. The maximum Gasteiger partial charge on any atom is 0.450 e. The van der Waals surface area contributed by atoms with Gasteiger partial charge in [-0.3, -0.25) is 9.59 Å². The molecule has 0 aromatic heterocycles. The summed E-state index contributed by atoms with van der Waals surface area (Å²) in [5, 5.41) is 0. The van der Waals surface area contributed by atoms with Gasteiger partial charge in [0.05, 0.1) is 4.90 Å². The summed E-state index contributed by atoms with van der Waals surface area (Å²) >= 11 is 0.